The van der Waals surface area contributed by atoms with Crippen LogP contribution in [0.1, 0.15) is 104 Å². The third-order valence-corrected chi connectivity index (χ3v) is 14.9. The highest BCUT2D eigenvalue weighted by molar-refractivity contribution is 7.00. The summed E-state index contributed by atoms with van der Waals surface area (Å²) >= 11 is 0. The van der Waals surface area contributed by atoms with Crippen LogP contribution in [0.25, 0.3) is 33.4 Å². The van der Waals surface area contributed by atoms with Crippen molar-refractivity contribution in [3.8, 4) is 33.4 Å². The van der Waals surface area contributed by atoms with Crippen molar-refractivity contribution in [1.29, 1.82) is 0 Å². The summed E-state index contributed by atoms with van der Waals surface area (Å²) in [5.41, 5.74) is 25.6. The Labute approximate surface area is 394 Å². The van der Waals surface area contributed by atoms with E-state index >= 15 is 0 Å². The Hall–Kier alpha value is -6.58. The van der Waals surface area contributed by atoms with Crippen LogP contribution in [0.15, 0.2) is 170 Å². The molecule has 1 aliphatic carbocycles. The summed E-state index contributed by atoms with van der Waals surface area (Å²) in [6.45, 7) is 25.7. The van der Waals surface area contributed by atoms with E-state index in [0.717, 1.165) is 5.69 Å². The van der Waals surface area contributed by atoms with Gasteiger partial charge in [0.2, 0.25) is 0 Å². The Bertz CT molecular complexity index is 3210. The predicted octanol–water partition coefficient (Wildman–Crippen LogP) is 15.3. The minimum Gasteiger partial charge on any atom is -0.311 e. The van der Waals surface area contributed by atoms with E-state index in [1.807, 2.05) is 0 Å². The number of benzene rings is 8. The van der Waals surface area contributed by atoms with Gasteiger partial charge in [0, 0.05) is 39.5 Å². The van der Waals surface area contributed by atoms with Crippen molar-refractivity contribution in [1.82, 2.24) is 0 Å². The highest BCUT2D eigenvalue weighted by atomic mass is 15.2. The van der Waals surface area contributed by atoms with Gasteiger partial charge in [-0.15, -0.1) is 0 Å². The first-order chi connectivity index (χ1) is 31.4. The Morgan fingerprint density at radius 2 is 0.833 bits per heavy atom. The van der Waals surface area contributed by atoms with Crippen molar-refractivity contribution in [3.05, 3.63) is 198 Å². The molecule has 0 amide bonds. The highest BCUT2D eigenvalue weighted by Gasteiger charge is 2.45. The van der Waals surface area contributed by atoms with Gasteiger partial charge in [-0.2, -0.15) is 0 Å². The first-order valence-corrected chi connectivity index (χ1v) is 24.0. The summed E-state index contributed by atoms with van der Waals surface area (Å²) in [5, 5.41) is 0. The quantitative estimate of drug-likeness (QED) is 0.163. The molecule has 0 radical (unpaired) electrons. The SMILES string of the molecule is CC(C)(C)c1ccc(N2c3ccc(C(C)(C)C)cc3B3c4cc(-c5ccccc5)ccc4N(c4ccc(-c5ccc6c(c5)C(C)(C)c5ccccc5-6)cc4)c4cc(C(C)(C)C)cc2c43)cc1. The molecule has 0 saturated heterocycles. The lowest BCUT2D eigenvalue weighted by Crippen LogP contribution is -2.61. The molecule has 0 N–H and O–H groups in total. The Kier molecular flexibility index (Phi) is 9.38. The van der Waals surface area contributed by atoms with Crippen molar-refractivity contribution in [2.75, 3.05) is 9.80 Å². The minimum absolute atomic E-state index is 0.0134. The molecule has 0 spiro atoms. The lowest BCUT2D eigenvalue weighted by Gasteiger charge is -2.45. The van der Waals surface area contributed by atoms with Crippen LogP contribution in [0.3, 0.4) is 0 Å². The lowest BCUT2D eigenvalue weighted by atomic mass is 9.33. The van der Waals surface area contributed by atoms with E-state index < -0.39 is 0 Å². The smallest absolute Gasteiger partial charge is 0.252 e. The van der Waals surface area contributed by atoms with E-state index in [1.165, 1.54) is 106 Å². The van der Waals surface area contributed by atoms with Crippen LogP contribution in [0.2, 0.25) is 0 Å². The summed E-state index contributed by atoms with van der Waals surface area (Å²) in [5.74, 6) is 0. The summed E-state index contributed by atoms with van der Waals surface area (Å²) in [6.07, 6.45) is 0. The van der Waals surface area contributed by atoms with E-state index in [4.69, 9.17) is 0 Å². The first kappa shape index (κ1) is 42.1. The molecule has 0 fully saturated rings. The number of hydrogen-bond donors (Lipinski definition) is 0. The molecule has 0 bridgehead atoms. The second-order valence-electron chi connectivity index (χ2n) is 22.7. The number of rotatable bonds is 4. The first-order valence-electron chi connectivity index (χ1n) is 24.0. The number of anilines is 6. The van der Waals surface area contributed by atoms with Gasteiger partial charge in [0.25, 0.3) is 6.71 Å². The molecule has 8 aromatic carbocycles. The highest BCUT2D eigenvalue weighted by Crippen LogP contribution is 2.51. The zero-order valence-corrected chi connectivity index (χ0v) is 40.6. The molecule has 0 aromatic heterocycles. The fourth-order valence-corrected chi connectivity index (χ4v) is 11.1. The normalized spacial score (nSPS) is 14.6. The van der Waals surface area contributed by atoms with E-state index in [9.17, 15) is 0 Å². The van der Waals surface area contributed by atoms with Gasteiger partial charge >= 0.3 is 0 Å². The Balaban J connectivity index is 1.15. The van der Waals surface area contributed by atoms with Crippen LogP contribution >= 0.6 is 0 Å². The van der Waals surface area contributed by atoms with Crippen molar-refractivity contribution in [2.24, 2.45) is 0 Å². The maximum atomic E-state index is 2.57. The molecule has 2 aliphatic heterocycles. The molecular formula is C63H61BN2. The average molecular weight is 857 g/mol. The second kappa shape index (κ2) is 14.7. The third-order valence-electron chi connectivity index (χ3n) is 14.9. The Morgan fingerprint density at radius 3 is 1.45 bits per heavy atom. The number of nitrogens with zero attached hydrogens (tertiary/aromatic N) is 2. The Morgan fingerprint density at radius 1 is 0.364 bits per heavy atom. The van der Waals surface area contributed by atoms with Gasteiger partial charge in [-0.25, -0.2) is 0 Å². The van der Waals surface area contributed by atoms with E-state index in [0.29, 0.717) is 0 Å². The zero-order valence-electron chi connectivity index (χ0n) is 40.6. The van der Waals surface area contributed by atoms with Gasteiger partial charge in [0.15, 0.2) is 0 Å². The molecule has 11 rings (SSSR count). The largest absolute Gasteiger partial charge is 0.311 e. The fraction of sp³-hybridized carbons (Fsp3) is 0.238. The van der Waals surface area contributed by atoms with Crippen LogP contribution in [0.4, 0.5) is 34.1 Å². The van der Waals surface area contributed by atoms with Crippen LogP contribution in [-0.4, -0.2) is 6.71 Å². The van der Waals surface area contributed by atoms with Crippen molar-refractivity contribution in [2.45, 2.75) is 97.8 Å². The molecule has 326 valence electrons. The van der Waals surface area contributed by atoms with Gasteiger partial charge in [-0.05, 0) is 148 Å². The van der Waals surface area contributed by atoms with Crippen molar-refractivity contribution in [3.63, 3.8) is 0 Å². The van der Waals surface area contributed by atoms with Crippen molar-refractivity contribution < 1.29 is 0 Å². The monoisotopic (exact) mass is 856 g/mol. The third kappa shape index (κ3) is 6.68. The zero-order chi connectivity index (χ0) is 46.1. The summed E-state index contributed by atoms with van der Waals surface area (Å²) in [4.78, 5) is 5.14. The molecular weight excluding hydrogens is 796 g/mol. The summed E-state index contributed by atoms with van der Waals surface area (Å²) < 4.78 is 0. The summed E-state index contributed by atoms with van der Waals surface area (Å²) in [6, 6.07) is 65.2. The maximum Gasteiger partial charge on any atom is 0.252 e. The second-order valence-corrected chi connectivity index (χ2v) is 22.7. The van der Waals surface area contributed by atoms with E-state index in [1.54, 1.807) is 0 Å². The van der Waals surface area contributed by atoms with Gasteiger partial charge in [-0.3, -0.25) is 0 Å². The van der Waals surface area contributed by atoms with Crippen LogP contribution < -0.4 is 26.2 Å². The van der Waals surface area contributed by atoms with Crippen LogP contribution in [0, 0.1) is 0 Å². The molecule has 0 saturated carbocycles. The standard InChI is InChI=1S/C63H61BN2/c1-60(2,3)44-25-30-48(31-26-44)66-56-34-27-45(61(4,5)6)37-54(56)64-53-36-43(40-17-13-12-14-18-40)24-33-55(53)65(57-38-46(62(7,8)9)39-58(66)59(57)64)47-28-21-41(22-29-47)42-23-32-50-49-19-15-16-20-51(49)63(10,11)52(50)35-42/h12-39H,1-11H3. The van der Waals surface area contributed by atoms with Gasteiger partial charge in [-0.1, -0.05) is 191 Å². The molecule has 2 heterocycles. The molecule has 8 aromatic rings. The number of hydrogen-bond acceptors (Lipinski definition) is 2. The molecule has 2 nitrogen and oxygen atoms in total. The fourth-order valence-electron chi connectivity index (χ4n) is 11.1. The van der Waals surface area contributed by atoms with E-state index in [2.05, 4.69) is 256 Å². The van der Waals surface area contributed by atoms with Gasteiger partial charge in [0.1, 0.15) is 0 Å². The molecule has 0 atom stereocenters. The number of fused-ring (bicyclic) bond motifs is 7. The average Bonchev–Trinajstić information content (AvgIpc) is 3.53. The topological polar surface area (TPSA) is 6.48 Å². The lowest BCUT2D eigenvalue weighted by molar-refractivity contribution is 0.589. The molecule has 66 heavy (non-hydrogen) atoms. The van der Waals surface area contributed by atoms with Gasteiger partial charge < -0.3 is 9.80 Å². The van der Waals surface area contributed by atoms with Gasteiger partial charge in [0.05, 0.1) is 0 Å². The van der Waals surface area contributed by atoms with E-state index in [-0.39, 0.29) is 28.4 Å². The van der Waals surface area contributed by atoms with Crippen LogP contribution in [-0.2, 0) is 21.7 Å². The molecule has 0 unspecified atom stereocenters. The minimum atomic E-state index is -0.104. The maximum absolute atomic E-state index is 2.57. The van der Waals surface area contributed by atoms with Crippen LogP contribution in [0.5, 0.6) is 0 Å². The molecule has 3 heteroatoms. The molecule has 3 aliphatic rings. The van der Waals surface area contributed by atoms with Crippen molar-refractivity contribution >= 4 is 57.2 Å². The summed E-state index contributed by atoms with van der Waals surface area (Å²) in [7, 11) is 0. The predicted molar refractivity (Wildman–Crippen MR) is 285 cm³/mol.